The molecule has 6 heteroatoms. The lowest BCUT2D eigenvalue weighted by molar-refractivity contribution is -0.137. The normalized spacial score (nSPS) is 23.6. The molecule has 0 aliphatic carbocycles. The van der Waals surface area contributed by atoms with Gasteiger partial charge >= 0.3 is 0 Å². The molecule has 0 radical (unpaired) electrons. The topological polar surface area (TPSA) is 57.7 Å². The van der Waals surface area contributed by atoms with Gasteiger partial charge in [0.1, 0.15) is 9.84 Å². The molecule has 2 rings (SSSR count). The number of hydrogen-bond acceptors (Lipinski definition) is 4. The first kappa shape index (κ1) is 18.7. The Bertz CT molecular complexity index is 468. The summed E-state index contributed by atoms with van der Waals surface area (Å²) in [6.07, 6.45) is 6.15. The highest BCUT2D eigenvalue weighted by atomic mass is 32.2. The van der Waals surface area contributed by atoms with Gasteiger partial charge in [0, 0.05) is 25.0 Å². The summed E-state index contributed by atoms with van der Waals surface area (Å²) >= 11 is 0. The second-order valence-corrected chi connectivity index (χ2v) is 9.61. The largest absolute Gasteiger partial charge is 0.339 e. The molecule has 0 aromatic rings. The third kappa shape index (κ3) is 5.75. The molecular weight excluding hydrogens is 312 g/mol. The minimum absolute atomic E-state index is 0.106. The highest BCUT2D eigenvalue weighted by molar-refractivity contribution is 7.91. The Kier molecular flexibility index (Phi) is 6.89. The van der Waals surface area contributed by atoms with Crippen molar-refractivity contribution in [1.29, 1.82) is 0 Å². The van der Waals surface area contributed by atoms with E-state index in [1.807, 2.05) is 4.90 Å². The zero-order chi connectivity index (χ0) is 16.9. The van der Waals surface area contributed by atoms with Gasteiger partial charge in [0.25, 0.3) is 0 Å². The molecule has 2 heterocycles. The van der Waals surface area contributed by atoms with E-state index in [0.29, 0.717) is 12.8 Å². The fourth-order valence-corrected chi connectivity index (χ4v) is 5.09. The number of sulfone groups is 1. The molecule has 5 nitrogen and oxygen atoms in total. The van der Waals surface area contributed by atoms with E-state index in [0.717, 1.165) is 26.2 Å². The average Bonchev–Trinajstić information content (AvgIpc) is 2.75. The number of nitrogens with zero attached hydrogens (tertiary/aromatic N) is 2. The fourth-order valence-electron chi connectivity index (χ4n) is 3.60. The molecule has 0 saturated carbocycles. The molecule has 0 spiro atoms. The van der Waals surface area contributed by atoms with Gasteiger partial charge in [-0.25, -0.2) is 8.42 Å². The first-order chi connectivity index (χ1) is 10.9. The predicted octanol–water partition coefficient (Wildman–Crippen LogP) is 1.92. The summed E-state index contributed by atoms with van der Waals surface area (Å²) in [7, 11) is -2.91. The van der Waals surface area contributed by atoms with Crippen LogP contribution in [0, 0.1) is 5.92 Å². The highest BCUT2D eigenvalue weighted by Gasteiger charge is 2.32. The standard InChI is InChI=1S/C17H32N2O3S/c1-15(2)19(12-11-18-9-5-3-4-6-10-18)17(20)16-7-13-23(21,22)14-8-16/h15-16H,3-14H2,1-2H3. The van der Waals surface area contributed by atoms with Gasteiger partial charge in [-0.3, -0.25) is 4.79 Å². The maximum Gasteiger partial charge on any atom is 0.226 e. The molecule has 0 atom stereocenters. The molecule has 2 saturated heterocycles. The van der Waals surface area contributed by atoms with Crippen LogP contribution in [0.4, 0.5) is 0 Å². The van der Waals surface area contributed by atoms with Crippen LogP contribution < -0.4 is 0 Å². The Labute approximate surface area is 141 Å². The van der Waals surface area contributed by atoms with E-state index in [1.54, 1.807) is 0 Å². The molecule has 0 bridgehead atoms. The molecule has 1 amide bonds. The minimum atomic E-state index is -2.91. The summed E-state index contributed by atoms with van der Waals surface area (Å²) in [5.41, 5.74) is 0. The summed E-state index contributed by atoms with van der Waals surface area (Å²) in [6.45, 7) is 8.10. The zero-order valence-electron chi connectivity index (χ0n) is 14.7. The predicted molar refractivity (Wildman–Crippen MR) is 93.1 cm³/mol. The monoisotopic (exact) mass is 344 g/mol. The van der Waals surface area contributed by atoms with Crippen LogP contribution in [0.15, 0.2) is 0 Å². The van der Waals surface area contributed by atoms with Crippen molar-refractivity contribution in [1.82, 2.24) is 9.80 Å². The summed E-state index contributed by atoms with van der Waals surface area (Å²) in [5, 5.41) is 0. The summed E-state index contributed by atoms with van der Waals surface area (Å²) < 4.78 is 23.1. The van der Waals surface area contributed by atoms with Crippen molar-refractivity contribution in [2.75, 3.05) is 37.7 Å². The van der Waals surface area contributed by atoms with Crippen LogP contribution in [0.2, 0.25) is 0 Å². The highest BCUT2D eigenvalue weighted by Crippen LogP contribution is 2.22. The lowest BCUT2D eigenvalue weighted by Gasteiger charge is -2.34. The van der Waals surface area contributed by atoms with Gasteiger partial charge in [0.15, 0.2) is 0 Å². The van der Waals surface area contributed by atoms with Gasteiger partial charge < -0.3 is 9.80 Å². The molecular formula is C17H32N2O3S. The lowest BCUT2D eigenvalue weighted by atomic mass is 10.0. The quantitative estimate of drug-likeness (QED) is 0.765. The SMILES string of the molecule is CC(C)N(CCN1CCCCCC1)C(=O)C1CCS(=O)(=O)CC1. The maximum atomic E-state index is 12.8. The number of hydrogen-bond donors (Lipinski definition) is 0. The molecule has 23 heavy (non-hydrogen) atoms. The van der Waals surface area contributed by atoms with Crippen LogP contribution in [0.3, 0.4) is 0 Å². The van der Waals surface area contributed by atoms with Gasteiger partial charge in [-0.2, -0.15) is 0 Å². The molecule has 0 unspecified atom stereocenters. The van der Waals surface area contributed by atoms with Crippen molar-refractivity contribution in [3.8, 4) is 0 Å². The molecule has 0 aromatic heterocycles. The average molecular weight is 345 g/mol. The minimum Gasteiger partial charge on any atom is -0.339 e. The van der Waals surface area contributed by atoms with Crippen LogP contribution in [-0.2, 0) is 14.6 Å². The molecule has 2 aliphatic heterocycles. The number of likely N-dealkylation sites (tertiary alicyclic amines) is 1. The summed E-state index contributed by atoms with van der Waals surface area (Å²) in [6, 6.07) is 0.174. The van der Waals surface area contributed by atoms with Gasteiger partial charge in [-0.15, -0.1) is 0 Å². The van der Waals surface area contributed by atoms with Crippen LogP contribution in [0.1, 0.15) is 52.4 Å². The van der Waals surface area contributed by atoms with Crippen molar-refractivity contribution < 1.29 is 13.2 Å². The van der Waals surface area contributed by atoms with Gasteiger partial charge in [0.2, 0.25) is 5.91 Å². The Balaban J connectivity index is 1.88. The number of amides is 1. The van der Waals surface area contributed by atoms with E-state index < -0.39 is 9.84 Å². The Morgan fingerprint density at radius 1 is 1.09 bits per heavy atom. The number of carbonyl (C=O) groups is 1. The van der Waals surface area contributed by atoms with Gasteiger partial charge in [-0.1, -0.05) is 12.8 Å². The van der Waals surface area contributed by atoms with E-state index in [-0.39, 0.29) is 29.4 Å². The molecule has 0 aromatic carbocycles. The lowest BCUT2D eigenvalue weighted by Crippen LogP contribution is -2.46. The summed E-state index contributed by atoms with van der Waals surface area (Å²) in [4.78, 5) is 17.2. The smallest absolute Gasteiger partial charge is 0.226 e. The van der Waals surface area contributed by atoms with Crippen molar-refractivity contribution in [3.05, 3.63) is 0 Å². The van der Waals surface area contributed by atoms with E-state index >= 15 is 0 Å². The van der Waals surface area contributed by atoms with Crippen LogP contribution in [0.25, 0.3) is 0 Å². The Morgan fingerprint density at radius 2 is 1.65 bits per heavy atom. The molecule has 134 valence electrons. The second-order valence-electron chi connectivity index (χ2n) is 7.31. The Morgan fingerprint density at radius 3 is 2.17 bits per heavy atom. The van der Waals surface area contributed by atoms with Crippen molar-refractivity contribution in [3.63, 3.8) is 0 Å². The number of carbonyl (C=O) groups excluding carboxylic acids is 1. The second kappa shape index (κ2) is 8.47. The van der Waals surface area contributed by atoms with E-state index in [9.17, 15) is 13.2 Å². The van der Waals surface area contributed by atoms with E-state index in [4.69, 9.17) is 0 Å². The Hall–Kier alpha value is -0.620. The fraction of sp³-hybridized carbons (Fsp3) is 0.941. The van der Waals surface area contributed by atoms with Crippen molar-refractivity contribution in [2.45, 2.75) is 58.4 Å². The molecule has 0 N–H and O–H groups in total. The third-order valence-corrected chi connectivity index (χ3v) is 6.88. The first-order valence-electron chi connectivity index (χ1n) is 9.12. The van der Waals surface area contributed by atoms with Gasteiger partial charge in [-0.05, 0) is 52.6 Å². The van der Waals surface area contributed by atoms with Gasteiger partial charge in [0.05, 0.1) is 11.5 Å². The zero-order valence-corrected chi connectivity index (χ0v) is 15.5. The molecule has 2 fully saturated rings. The third-order valence-electron chi connectivity index (χ3n) is 5.17. The van der Waals surface area contributed by atoms with Crippen LogP contribution >= 0.6 is 0 Å². The van der Waals surface area contributed by atoms with E-state index in [1.165, 1.54) is 25.7 Å². The first-order valence-corrected chi connectivity index (χ1v) is 10.9. The van der Waals surface area contributed by atoms with Crippen molar-refractivity contribution >= 4 is 15.7 Å². The molecule has 2 aliphatic rings. The van der Waals surface area contributed by atoms with E-state index in [2.05, 4.69) is 18.7 Å². The van der Waals surface area contributed by atoms with Crippen LogP contribution in [-0.4, -0.2) is 67.9 Å². The maximum absolute atomic E-state index is 12.8. The van der Waals surface area contributed by atoms with Crippen molar-refractivity contribution in [2.24, 2.45) is 5.92 Å². The number of rotatable bonds is 5. The summed E-state index contributed by atoms with van der Waals surface area (Å²) in [5.74, 6) is 0.387. The van der Waals surface area contributed by atoms with Crippen LogP contribution in [0.5, 0.6) is 0 Å².